The summed E-state index contributed by atoms with van der Waals surface area (Å²) in [7, 11) is 0. The summed E-state index contributed by atoms with van der Waals surface area (Å²) >= 11 is 5.99. The lowest BCUT2D eigenvalue weighted by atomic mass is 10.0. The zero-order valence-corrected chi connectivity index (χ0v) is 17.8. The highest BCUT2D eigenvalue weighted by atomic mass is 35.5. The van der Waals surface area contributed by atoms with Crippen LogP contribution in [0.1, 0.15) is 43.9 Å². The van der Waals surface area contributed by atoms with Crippen LogP contribution in [0.25, 0.3) is 0 Å². The molecule has 28 heavy (non-hydrogen) atoms. The predicted molar refractivity (Wildman–Crippen MR) is 114 cm³/mol. The third-order valence-corrected chi connectivity index (χ3v) is 4.77. The van der Waals surface area contributed by atoms with Crippen LogP contribution >= 0.6 is 11.6 Å². The van der Waals surface area contributed by atoms with Crippen molar-refractivity contribution in [1.82, 2.24) is 10.2 Å². The number of hydrogen-bond donors (Lipinski definition) is 1. The number of amides is 2. The number of nitrogens with one attached hydrogen (secondary N) is 1. The Morgan fingerprint density at radius 3 is 2.32 bits per heavy atom. The lowest BCUT2D eigenvalue weighted by Crippen LogP contribution is -2.50. The topological polar surface area (TPSA) is 49.4 Å². The van der Waals surface area contributed by atoms with E-state index in [4.69, 9.17) is 11.6 Å². The van der Waals surface area contributed by atoms with Crippen LogP contribution < -0.4 is 5.32 Å². The van der Waals surface area contributed by atoms with Gasteiger partial charge in [-0.3, -0.25) is 9.59 Å². The highest BCUT2D eigenvalue weighted by Crippen LogP contribution is 2.17. The highest BCUT2D eigenvalue weighted by molar-refractivity contribution is 6.30. The van der Waals surface area contributed by atoms with Gasteiger partial charge in [-0.25, -0.2) is 0 Å². The third kappa shape index (κ3) is 6.38. The van der Waals surface area contributed by atoms with E-state index in [1.165, 1.54) is 0 Å². The Kier molecular flexibility index (Phi) is 8.06. The number of hydrogen-bond acceptors (Lipinski definition) is 2. The van der Waals surface area contributed by atoms with Crippen molar-refractivity contribution >= 4 is 23.4 Å². The molecule has 0 fully saturated rings. The van der Waals surface area contributed by atoms with Gasteiger partial charge < -0.3 is 10.2 Å². The van der Waals surface area contributed by atoms with Crippen molar-refractivity contribution in [1.29, 1.82) is 0 Å². The van der Waals surface area contributed by atoms with E-state index in [0.717, 1.165) is 16.7 Å². The fraction of sp³-hybridized carbons (Fsp3) is 0.391. The molecule has 0 aromatic heterocycles. The van der Waals surface area contributed by atoms with Gasteiger partial charge in [0, 0.05) is 17.6 Å². The van der Waals surface area contributed by atoms with Crippen LogP contribution in [0.3, 0.4) is 0 Å². The first-order chi connectivity index (χ1) is 13.3. The number of carbonyl (C=O) groups excluding carboxylic acids is 2. The van der Waals surface area contributed by atoms with Crippen LogP contribution in [-0.4, -0.2) is 28.8 Å². The molecule has 2 amide bonds. The fourth-order valence-corrected chi connectivity index (χ4v) is 3.31. The van der Waals surface area contributed by atoms with Crippen LogP contribution in [0.4, 0.5) is 0 Å². The molecule has 0 spiro atoms. The van der Waals surface area contributed by atoms with Crippen molar-refractivity contribution < 1.29 is 9.59 Å². The summed E-state index contributed by atoms with van der Waals surface area (Å²) in [5, 5.41) is 3.59. The molecule has 0 heterocycles. The molecule has 5 heteroatoms. The molecule has 4 nitrogen and oxygen atoms in total. The molecule has 0 saturated carbocycles. The maximum absolute atomic E-state index is 13.2. The van der Waals surface area contributed by atoms with Crippen molar-refractivity contribution in [3.8, 4) is 0 Å². The molecule has 0 aliphatic rings. The number of benzene rings is 2. The SMILES string of the molecule is CC[C@@H](C(=O)NC(C)C)N(Cc1ccc(Cl)cc1)C(=O)Cc1cccc(C)c1. The minimum atomic E-state index is -0.518. The van der Waals surface area contributed by atoms with Crippen LogP contribution in [0.15, 0.2) is 48.5 Å². The van der Waals surface area contributed by atoms with E-state index >= 15 is 0 Å². The first-order valence-corrected chi connectivity index (χ1v) is 10.1. The summed E-state index contributed by atoms with van der Waals surface area (Å²) in [4.78, 5) is 27.6. The first kappa shape index (κ1) is 22.0. The molecule has 0 saturated heterocycles. The number of nitrogens with zero attached hydrogens (tertiary/aromatic N) is 1. The predicted octanol–water partition coefficient (Wildman–Crippen LogP) is 4.52. The minimum Gasteiger partial charge on any atom is -0.352 e. The average Bonchev–Trinajstić information content (AvgIpc) is 2.62. The molecular formula is C23H29ClN2O2. The Morgan fingerprint density at radius 2 is 1.75 bits per heavy atom. The molecule has 0 aliphatic carbocycles. The molecule has 1 N–H and O–H groups in total. The second kappa shape index (κ2) is 10.3. The van der Waals surface area contributed by atoms with Crippen molar-refractivity contribution in [3.05, 3.63) is 70.2 Å². The van der Waals surface area contributed by atoms with E-state index in [-0.39, 0.29) is 24.3 Å². The second-order valence-electron chi connectivity index (χ2n) is 7.40. The van der Waals surface area contributed by atoms with Crippen molar-refractivity contribution in [2.24, 2.45) is 0 Å². The van der Waals surface area contributed by atoms with E-state index in [1.807, 2.05) is 64.1 Å². The van der Waals surface area contributed by atoms with Crippen LogP contribution in [0.5, 0.6) is 0 Å². The first-order valence-electron chi connectivity index (χ1n) is 9.70. The Balaban J connectivity index is 2.28. The zero-order chi connectivity index (χ0) is 20.7. The fourth-order valence-electron chi connectivity index (χ4n) is 3.18. The van der Waals surface area contributed by atoms with Gasteiger partial charge >= 0.3 is 0 Å². The number of rotatable bonds is 8. The van der Waals surface area contributed by atoms with E-state index in [1.54, 1.807) is 17.0 Å². The van der Waals surface area contributed by atoms with E-state index in [0.29, 0.717) is 18.0 Å². The van der Waals surface area contributed by atoms with Crippen LogP contribution in [-0.2, 0) is 22.6 Å². The molecule has 0 bridgehead atoms. The zero-order valence-electron chi connectivity index (χ0n) is 17.0. The van der Waals surface area contributed by atoms with Crippen molar-refractivity contribution in [3.63, 3.8) is 0 Å². The third-order valence-electron chi connectivity index (χ3n) is 4.52. The molecule has 150 valence electrons. The summed E-state index contributed by atoms with van der Waals surface area (Å²) in [6.45, 7) is 8.14. The summed E-state index contributed by atoms with van der Waals surface area (Å²) in [6.07, 6.45) is 0.812. The molecule has 0 radical (unpaired) electrons. The Labute approximate surface area is 172 Å². The van der Waals surface area contributed by atoms with Gasteiger partial charge in [-0.2, -0.15) is 0 Å². The normalized spacial score (nSPS) is 11.9. The minimum absolute atomic E-state index is 0.0193. The smallest absolute Gasteiger partial charge is 0.243 e. The van der Waals surface area contributed by atoms with Gasteiger partial charge in [-0.05, 0) is 50.5 Å². The van der Waals surface area contributed by atoms with Crippen molar-refractivity contribution in [2.45, 2.75) is 59.2 Å². The Morgan fingerprint density at radius 1 is 1.07 bits per heavy atom. The molecular weight excluding hydrogens is 372 g/mol. The summed E-state index contributed by atoms with van der Waals surface area (Å²) < 4.78 is 0. The second-order valence-corrected chi connectivity index (χ2v) is 7.84. The molecule has 2 aromatic carbocycles. The van der Waals surface area contributed by atoms with Gasteiger partial charge in [0.25, 0.3) is 0 Å². The summed E-state index contributed by atoms with van der Waals surface area (Å²) in [6, 6.07) is 14.8. The monoisotopic (exact) mass is 400 g/mol. The standard InChI is InChI=1S/C23H29ClN2O2/c1-5-21(23(28)25-16(2)3)26(15-18-9-11-20(24)12-10-18)22(27)14-19-8-6-7-17(4)13-19/h6-13,16,21H,5,14-15H2,1-4H3,(H,25,28)/t21-/m0/s1. The Bertz CT molecular complexity index is 803. The van der Waals surface area contributed by atoms with Gasteiger partial charge in [0.15, 0.2) is 0 Å². The Hall–Kier alpha value is -2.33. The largest absolute Gasteiger partial charge is 0.352 e. The average molecular weight is 401 g/mol. The van der Waals surface area contributed by atoms with Gasteiger partial charge in [-0.1, -0.05) is 60.5 Å². The maximum Gasteiger partial charge on any atom is 0.243 e. The number of halogens is 1. The van der Waals surface area contributed by atoms with Gasteiger partial charge in [0.05, 0.1) is 6.42 Å². The molecule has 0 unspecified atom stereocenters. The molecule has 0 aliphatic heterocycles. The van der Waals surface area contributed by atoms with Gasteiger partial charge in [0.2, 0.25) is 11.8 Å². The van der Waals surface area contributed by atoms with Gasteiger partial charge in [-0.15, -0.1) is 0 Å². The van der Waals surface area contributed by atoms with Gasteiger partial charge in [0.1, 0.15) is 6.04 Å². The van der Waals surface area contributed by atoms with Crippen LogP contribution in [0, 0.1) is 6.92 Å². The van der Waals surface area contributed by atoms with E-state index in [2.05, 4.69) is 5.32 Å². The quantitative estimate of drug-likeness (QED) is 0.708. The van der Waals surface area contributed by atoms with E-state index in [9.17, 15) is 9.59 Å². The van der Waals surface area contributed by atoms with E-state index < -0.39 is 6.04 Å². The number of carbonyl (C=O) groups is 2. The van der Waals surface area contributed by atoms with Crippen LogP contribution in [0.2, 0.25) is 5.02 Å². The lowest BCUT2D eigenvalue weighted by molar-refractivity contribution is -0.141. The van der Waals surface area contributed by atoms with Crippen molar-refractivity contribution in [2.75, 3.05) is 0 Å². The lowest BCUT2D eigenvalue weighted by Gasteiger charge is -2.31. The molecule has 2 rings (SSSR count). The molecule has 1 atom stereocenters. The summed E-state index contributed by atoms with van der Waals surface area (Å²) in [5.41, 5.74) is 3.00. The summed E-state index contributed by atoms with van der Waals surface area (Å²) in [5.74, 6) is -0.185. The maximum atomic E-state index is 13.2. The number of aryl methyl sites for hydroxylation is 1. The molecule has 2 aromatic rings. The highest BCUT2D eigenvalue weighted by Gasteiger charge is 2.28.